The van der Waals surface area contributed by atoms with Crippen LogP contribution in [0.15, 0.2) is 24.5 Å². The third-order valence-corrected chi connectivity index (χ3v) is 2.82. The maximum Gasteiger partial charge on any atom is 0.337 e. The zero-order chi connectivity index (χ0) is 11.1. The summed E-state index contributed by atoms with van der Waals surface area (Å²) in [6.45, 7) is 1.40. The first-order valence-corrected chi connectivity index (χ1v) is 5.03. The van der Waals surface area contributed by atoms with Crippen molar-refractivity contribution in [3.8, 4) is 0 Å². The Morgan fingerprint density at radius 3 is 3.00 bits per heavy atom. The normalized spacial score (nSPS) is 16.2. The van der Waals surface area contributed by atoms with E-state index in [2.05, 4.69) is 4.98 Å². The van der Waals surface area contributed by atoms with Crippen molar-refractivity contribution in [3.63, 3.8) is 0 Å². The quantitative estimate of drug-likeness (QED) is 0.825. The molecule has 3 heterocycles. The van der Waals surface area contributed by atoms with Crippen LogP contribution >= 0.6 is 0 Å². The molecule has 1 N–H and O–H groups in total. The molecular formula is C11H10N2O3. The molecule has 0 saturated carbocycles. The van der Waals surface area contributed by atoms with E-state index in [-0.39, 0.29) is 5.56 Å². The van der Waals surface area contributed by atoms with E-state index in [9.17, 15) is 4.79 Å². The highest BCUT2D eigenvalue weighted by molar-refractivity contribution is 5.91. The minimum atomic E-state index is -0.950. The van der Waals surface area contributed by atoms with Gasteiger partial charge in [-0.1, -0.05) is 0 Å². The molecule has 0 spiro atoms. The average molecular weight is 218 g/mol. The summed E-state index contributed by atoms with van der Waals surface area (Å²) in [6.07, 6.45) is 3.32. The van der Waals surface area contributed by atoms with Crippen molar-refractivity contribution in [2.24, 2.45) is 0 Å². The first-order chi connectivity index (χ1) is 7.75. The van der Waals surface area contributed by atoms with E-state index in [0.717, 1.165) is 11.0 Å². The van der Waals surface area contributed by atoms with E-state index in [4.69, 9.17) is 9.84 Å². The number of rotatable bonds is 2. The molecule has 1 aliphatic rings. The van der Waals surface area contributed by atoms with E-state index < -0.39 is 5.97 Å². The second-order valence-corrected chi connectivity index (χ2v) is 3.86. The topological polar surface area (TPSA) is 64.3 Å². The van der Waals surface area contributed by atoms with Crippen molar-refractivity contribution >= 4 is 17.0 Å². The molecule has 0 unspecified atom stereocenters. The lowest BCUT2D eigenvalue weighted by Gasteiger charge is -2.27. The molecule has 5 heteroatoms. The lowest BCUT2D eigenvalue weighted by molar-refractivity contribution is -0.0216. The minimum Gasteiger partial charge on any atom is -0.478 e. The molecule has 2 aromatic heterocycles. The van der Waals surface area contributed by atoms with E-state index >= 15 is 0 Å². The van der Waals surface area contributed by atoms with Crippen molar-refractivity contribution in [3.05, 3.63) is 30.1 Å². The Hall–Kier alpha value is -1.88. The maximum absolute atomic E-state index is 10.8. The van der Waals surface area contributed by atoms with Crippen LogP contribution in [0.5, 0.6) is 0 Å². The number of aromatic carboxylic acids is 1. The number of hydrogen-bond donors (Lipinski definition) is 1. The van der Waals surface area contributed by atoms with Crippen LogP contribution in [0.1, 0.15) is 16.4 Å². The van der Waals surface area contributed by atoms with Crippen molar-refractivity contribution in [1.82, 2.24) is 9.55 Å². The van der Waals surface area contributed by atoms with Crippen molar-refractivity contribution in [1.29, 1.82) is 0 Å². The summed E-state index contributed by atoms with van der Waals surface area (Å²) in [6, 6.07) is 3.86. The third-order valence-electron chi connectivity index (χ3n) is 2.82. The van der Waals surface area contributed by atoms with E-state index in [1.165, 1.54) is 6.20 Å². The van der Waals surface area contributed by atoms with Crippen LogP contribution in [0.3, 0.4) is 0 Å². The van der Waals surface area contributed by atoms with E-state index in [1.807, 2.05) is 16.8 Å². The van der Waals surface area contributed by atoms with Crippen LogP contribution in [0.25, 0.3) is 11.0 Å². The van der Waals surface area contributed by atoms with Gasteiger partial charge >= 0.3 is 5.97 Å². The highest BCUT2D eigenvalue weighted by atomic mass is 16.5. The number of carboxylic acids is 1. The highest BCUT2D eigenvalue weighted by Crippen LogP contribution is 2.23. The van der Waals surface area contributed by atoms with Gasteiger partial charge in [0.05, 0.1) is 24.8 Å². The van der Waals surface area contributed by atoms with Gasteiger partial charge in [0.1, 0.15) is 5.65 Å². The van der Waals surface area contributed by atoms with Gasteiger partial charge in [-0.05, 0) is 12.1 Å². The Bertz CT molecular complexity index is 557. The van der Waals surface area contributed by atoms with Crippen molar-refractivity contribution in [2.45, 2.75) is 6.04 Å². The van der Waals surface area contributed by atoms with Gasteiger partial charge in [-0.3, -0.25) is 0 Å². The van der Waals surface area contributed by atoms with Crippen LogP contribution in [0, 0.1) is 0 Å². The number of hydrogen-bond acceptors (Lipinski definition) is 3. The van der Waals surface area contributed by atoms with Crippen LogP contribution in [0.2, 0.25) is 0 Å². The summed E-state index contributed by atoms with van der Waals surface area (Å²) < 4.78 is 7.16. The molecule has 1 fully saturated rings. The summed E-state index contributed by atoms with van der Waals surface area (Å²) in [5.41, 5.74) is 1.04. The van der Waals surface area contributed by atoms with Crippen molar-refractivity contribution < 1.29 is 14.6 Å². The highest BCUT2D eigenvalue weighted by Gasteiger charge is 2.22. The van der Waals surface area contributed by atoms with E-state index in [0.29, 0.717) is 19.3 Å². The first kappa shape index (κ1) is 9.35. The predicted octanol–water partition coefficient (Wildman–Crippen LogP) is 1.31. The standard InChI is InChI=1S/C11H10N2O3/c14-11(15)8-3-7-1-2-13(9-5-16-6-9)10(7)12-4-8/h1-4,9H,5-6H2,(H,14,15). The summed E-state index contributed by atoms with van der Waals surface area (Å²) in [4.78, 5) is 15.0. The number of carbonyl (C=O) groups is 1. The van der Waals surface area contributed by atoms with Crippen molar-refractivity contribution in [2.75, 3.05) is 13.2 Å². The van der Waals surface area contributed by atoms with Gasteiger partial charge in [0.2, 0.25) is 0 Å². The van der Waals surface area contributed by atoms with Gasteiger partial charge in [0.25, 0.3) is 0 Å². The van der Waals surface area contributed by atoms with Gasteiger partial charge in [-0.25, -0.2) is 9.78 Å². The molecule has 1 saturated heterocycles. The van der Waals surface area contributed by atoms with E-state index in [1.54, 1.807) is 6.07 Å². The SMILES string of the molecule is O=C(O)c1cnc2c(ccn2C2COC2)c1. The molecule has 0 bridgehead atoms. The molecule has 82 valence electrons. The van der Waals surface area contributed by atoms with Crippen LogP contribution in [0.4, 0.5) is 0 Å². The third kappa shape index (κ3) is 1.29. The molecule has 0 aliphatic carbocycles. The largest absolute Gasteiger partial charge is 0.478 e. The Morgan fingerprint density at radius 1 is 1.56 bits per heavy atom. The number of carboxylic acid groups (broad SMARTS) is 1. The minimum absolute atomic E-state index is 0.218. The smallest absolute Gasteiger partial charge is 0.337 e. The molecule has 3 rings (SSSR count). The van der Waals surface area contributed by atoms with Crippen LogP contribution < -0.4 is 0 Å². The zero-order valence-electron chi connectivity index (χ0n) is 8.46. The second kappa shape index (κ2) is 3.31. The van der Waals surface area contributed by atoms with Gasteiger partial charge in [0, 0.05) is 17.8 Å². The molecule has 1 aliphatic heterocycles. The van der Waals surface area contributed by atoms with Gasteiger partial charge in [0.15, 0.2) is 0 Å². The van der Waals surface area contributed by atoms with Gasteiger partial charge in [-0.2, -0.15) is 0 Å². The molecule has 16 heavy (non-hydrogen) atoms. The molecular weight excluding hydrogens is 208 g/mol. The summed E-state index contributed by atoms with van der Waals surface area (Å²) >= 11 is 0. The second-order valence-electron chi connectivity index (χ2n) is 3.86. The zero-order valence-corrected chi connectivity index (χ0v) is 8.46. The number of aromatic nitrogens is 2. The Balaban J connectivity index is 2.10. The number of ether oxygens (including phenoxy) is 1. The summed E-state index contributed by atoms with van der Waals surface area (Å²) in [7, 11) is 0. The fraction of sp³-hybridized carbons (Fsp3) is 0.273. The predicted molar refractivity (Wildman–Crippen MR) is 56.5 cm³/mol. The number of pyridine rings is 1. The molecule has 2 aromatic rings. The fourth-order valence-electron chi connectivity index (χ4n) is 1.84. The summed E-state index contributed by atoms with van der Waals surface area (Å²) in [5, 5.41) is 9.70. The molecule has 0 atom stereocenters. The average Bonchev–Trinajstić information content (AvgIpc) is 2.59. The van der Waals surface area contributed by atoms with Gasteiger partial charge in [-0.15, -0.1) is 0 Å². The number of nitrogens with zero attached hydrogens (tertiary/aromatic N) is 2. The molecule has 5 nitrogen and oxygen atoms in total. The van der Waals surface area contributed by atoms with Gasteiger partial charge < -0.3 is 14.4 Å². The Kier molecular flexibility index (Phi) is 1.94. The fourth-order valence-corrected chi connectivity index (χ4v) is 1.84. The van der Waals surface area contributed by atoms with Crippen LogP contribution in [-0.4, -0.2) is 33.8 Å². The molecule has 0 aromatic carbocycles. The molecule has 0 amide bonds. The lowest BCUT2D eigenvalue weighted by Crippen LogP contribution is -2.30. The lowest BCUT2D eigenvalue weighted by atomic mass is 10.2. The number of fused-ring (bicyclic) bond motifs is 1. The Labute approximate surface area is 91.3 Å². The summed E-state index contributed by atoms with van der Waals surface area (Å²) in [5.74, 6) is -0.950. The molecule has 0 radical (unpaired) electrons. The Morgan fingerprint density at radius 2 is 2.38 bits per heavy atom. The van der Waals surface area contributed by atoms with Crippen LogP contribution in [-0.2, 0) is 4.74 Å². The maximum atomic E-state index is 10.8. The first-order valence-electron chi connectivity index (χ1n) is 5.03. The monoisotopic (exact) mass is 218 g/mol.